The van der Waals surface area contributed by atoms with Crippen molar-refractivity contribution in [3.05, 3.63) is 59.9 Å². The predicted molar refractivity (Wildman–Crippen MR) is 97.0 cm³/mol. The van der Waals surface area contributed by atoms with E-state index in [0.29, 0.717) is 11.3 Å². The lowest BCUT2D eigenvalue weighted by molar-refractivity contribution is -0.118. The van der Waals surface area contributed by atoms with Crippen molar-refractivity contribution in [2.75, 3.05) is 5.32 Å². The van der Waals surface area contributed by atoms with Gasteiger partial charge in [0.1, 0.15) is 17.7 Å². The van der Waals surface area contributed by atoms with Crippen molar-refractivity contribution in [2.24, 2.45) is 10.9 Å². The molecule has 2 aromatic rings. The number of fused-ring (bicyclic) bond motifs is 1. The van der Waals surface area contributed by atoms with E-state index in [9.17, 15) is 17.6 Å². The van der Waals surface area contributed by atoms with E-state index in [-0.39, 0.29) is 16.6 Å². The van der Waals surface area contributed by atoms with Gasteiger partial charge in [-0.25, -0.2) is 12.8 Å². The van der Waals surface area contributed by atoms with Gasteiger partial charge < -0.3 is 5.32 Å². The minimum Gasteiger partial charge on any atom is -0.324 e. The molecule has 26 heavy (non-hydrogen) atoms. The Balaban J connectivity index is 1.92. The van der Waals surface area contributed by atoms with E-state index in [1.165, 1.54) is 24.3 Å². The molecule has 0 unspecified atom stereocenters. The molecular weight excluding hydrogens is 357 g/mol. The number of halogens is 1. The van der Waals surface area contributed by atoms with Crippen molar-refractivity contribution < 1.29 is 17.6 Å². The molecule has 6 nitrogen and oxygen atoms in total. The number of rotatable bonds is 4. The van der Waals surface area contributed by atoms with Crippen LogP contribution in [-0.4, -0.2) is 26.2 Å². The first-order chi connectivity index (χ1) is 12.3. The number of aliphatic imine (C=N–C) groups is 1. The van der Waals surface area contributed by atoms with Crippen LogP contribution in [0.3, 0.4) is 0 Å². The minimum atomic E-state index is -3.68. The van der Waals surface area contributed by atoms with E-state index in [4.69, 9.17) is 0 Å². The Morgan fingerprint density at radius 2 is 1.88 bits per heavy atom. The van der Waals surface area contributed by atoms with Crippen LogP contribution in [-0.2, 0) is 14.8 Å². The monoisotopic (exact) mass is 375 g/mol. The maximum absolute atomic E-state index is 13.3. The van der Waals surface area contributed by atoms with Gasteiger partial charge in [0.15, 0.2) is 0 Å². The Morgan fingerprint density at radius 1 is 1.15 bits per heavy atom. The molecule has 1 aliphatic rings. The number of anilines is 1. The summed E-state index contributed by atoms with van der Waals surface area (Å²) in [4.78, 5) is 17.1. The highest BCUT2D eigenvalue weighted by molar-refractivity contribution is 7.90. The van der Waals surface area contributed by atoms with Crippen LogP contribution in [0.2, 0.25) is 0 Å². The second-order valence-electron chi connectivity index (χ2n) is 6.27. The lowest BCUT2D eigenvalue weighted by Gasteiger charge is -2.17. The fourth-order valence-corrected chi connectivity index (χ4v) is 3.90. The molecule has 1 amide bonds. The number of hydrogen-bond acceptors (Lipinski definition) is 4. The molecule has 136 valence electrons. The molecule has 1 heterocycles. The molecule has 0 aromatic heterocycles. The minimum absolute atomic E-state index is 0.131. The predicted octanol–water partition coefficient (Wildman–Crippen LogP) is 2.53. The molecule has 8 heteroatoms. The van der Waals surface area contributed by atoms with Crippen molar-refractivity contribution in [2.45, 2.75) is 24.8 Å². The van der Waals surface area contributed by atoms with Crippen molar-refractivity contribution in [1.82, 2.24) is 4.72 Å². The molecule has 0 radical (unpaired) electrons. The second-order valence-corrected chi connectivity index (χ2v) is 7.92. The van der Waals surface area contributed by atoms with Gasteiger partial charge in [-0.2, -0.15) is 0 Å². The Bertz CT molecular complexity index is 987. The number of hydrogen-bond donors (Lipinski definition) is 2. The zero-order chi connectivity index (χ0) is 18.9. The van der Waals surface area contributed by atoms with E-state index in [0.717, 1.165) is 0 Å². The molecule has 0 bridgehead atoms. The van der Waals surface area contributed by atoms with Gasteiger partial charge in [0.2, 0.25) is 5.91 Å². The number of carbonyl (C=O) groups excluding carboxylic acids is 1. The molecule has 0 aliphatic carbocycles. The molecule has 2 aromatic carbocycles. The van der Waals surface area contributed by atoms with Crippen LogP contribution in [0.25, 0.3) is 0 Å². The highest BCUT2D eigenvalue weighted by atomic mass is 32.2. The van der Waals surface area contributed by atoms with Crippen molar-refractivity contribution in [3.8, 4) is 0 Å². The Labute approximate surface area is 151 Å². The highest BCUT2D eigenvalue weighted by Crippen LogP contribution is 2.23. The smallest absolute Gasteiger partial charge is 0.263 e. The number of benzene rings is 2. The summed E-state index contributed by atoms with van der Waals surface area (Å²) in [6.07, 6.45) is 0. The molecule has 0 spiro atoms. The van der Waals surface area contributed by atoms with E-state index in [1.807, 2.05) is 0 Å². The second kappa shape index (κ2) is 6.87. The van der Waals surface area contributed by atoms with E-state index >= 15 is 0 Å². The highest BCUT2D eigenvalue weighted by Gasteiger charge is 2.32. The molecule has 0 fully saturated rings. The van der Waals surface area contributed by atoms with Crippen LogP contribution >= 0.6 is 0 Å². The third-order valence-electron chi connectivity index (χ3n) is 3.92. The summed E-state index contributed by atoms with van der Waals surface area (Å²) in [5, 5.41) is 2.62. The Kier molecular flexibility index (Phi) is 4.78. The van der Waals surface area contributed by atoms with E-state index in [1.54, 1.807) is 38.1 Å². The van der Waals surface area contributed by atoms with Gasteiger partial charge in [-0.1, -0.05) is 32.0 Å². The summed E-state index contributed by atoms with van der Waals surface area (Å²) in [7, 11) is -3.68. The van der Waals surface area contributed by atoms with Crippen molar-refractivity contribution >= 4 is 27.5 Å². The first-order valence-electron chi connectivity index (χ1n) is 8.04. The topological polar surface area (TPSA) is 87.6 Å². The van der Waals surface area contributed by atoms with Crippen molar-refractivity contribution in [1.29, 1.82) is 0 Å². The first-order valence-corrected chi connectivity index (χ1v) is 9.53. The summed E-state index contributed by atoms with van der Waals surface area (Å²) in [6.45, 7) is 3.60. The zero-order valence-corrected chi connectivity index (χ0v) is 15.0. The Morgan fingerprint density at radius 3 is 2.58 bits per heavy atom. The summed E-state index contributed by atoms with van der Waals surface area (Å²) >= 11 is 0. The molecule has 0 saturated carbocycles. The maximum Gasteiger partial charge on any atom is 0.263 e. The van der Waals surface area contributed by atoms with Crippen LogP contribution in [0.4, 0.5) is 10.1 Å². The van der Waals surface area contributed by atoms with Gasteiger partial charge in [-0.05, 0) is 36.2 Å². The van der Waals surface area contributed by atoms with E-state index < -0.39 is 27.8 Å². The number of nitrogens with one attached hydrogen (secondary N) is 2. The fraction of sp³-hybridized carbons (Fsp3) is 0.222. The molecule has 1 aliphatic heterocycles. The van der Waals surface area contributed by atoms with Gasteiger partial charge in [-0.15, -0.1) is 0 Å². The average Bonchev–Trinajstić information content (AvgIpc) is 2.83. The van der Waals surface area contributed by atoms with Crippen LogP contribution in [0, 0.1) is 11.7 Å². The zero-order valence-electron chi connectivity index (χ0n) is 14.2. The third kappa shape index (κ3) is 3.60. The molecule has 2 N–H and O–H groups in total. The van der Waals surface area contributed by atoms with Crippen LogP contribution in [0.1, 0.15) is 19.4 Å². The fourth-order valence-electron chi connectivity index (χ4n) is 2.66. The molecular formula is C18H18FN3O3S. The summed E-state index contributed by atoms with van der Waals surface area (Å²) in [5.41, 5.74) is 0.741. The van der Waals surface area contributed by atoms with E-state index in [2.05, 4.69) is 15.0 Å². The number of amides is 1. The maximum atomic E-state index is 13.3. The largest absolute Gasteiger partial charge is 0.324 e. The molecule has 3 rings (SSSR count). The van der Waals surface area contributed by atoms with Crippen LogP contribution < -0.4 is 10.0 Å². The summed E-state index contributed by atoms with van der Waals surface area (Å²) in [5.74, 6) is -0.976. The summed E-state index contributed by atoms with van der Waals surface area (Å²) in [6, 6.07) is 11.1. The molecule has 0 saturated heterocycles. The van der Waals surface area contributed by atoms with Crippen LogP contribution in [0.15, 0.2) is 58.4 Å². The Hall–Kier alpha value is -2.74. The molecule has 1 atom stereocenters. The number of nitrogens with zero attached hydrogens (tertiary/aromatic N) is 1. The van der Waals surface area contributed by atoms with Gasteiger partial charge in [-0.3, -0.25) is 14.5 Å². The SMILES string of the molecule is CC(C)[C@@H](N=C1NS(=O)(=O)c2ccccc21)C(=O)Nc1cccc(F)c1. The van der Waals surface area contributed by atoms with Crippen LogP contribution in [0.5, 0.6) is 0 Å². The third-order valence-corrected chi connectivity index (χ3v) is 5.32. The van der Waals surface area contributed by atoms with Crippen molar-refractivity contribution in [3.63, 3.8) is 0 Å². The van der Waals surface area contributed by atoms with Gasteiger partial charge in [0.05, 0.1) is 4.90 Å². The number of sulfonamides is 1. The average molecular weight is 375 g/mol. The lowest BCUT2D eigenvalue weighted by Crippen LogP contribution is -2.34. The normalized spacial score (nSPS) is 17.6. The quantitative estimate of drug-likeness (QED) is 0.861. The standard InChI is InChI=1S/C18H18FN3O3S/c1-11(2)16(18(23)20-13-7-5-6-12(19)10-13)21-17-14-8-3-4-9-15(14)26(24,25)22-17/h3-11,16H,1-2H3,(H,20,23)(H,21,22)/t16-/m1/s1. The number of amidine groups is 1. The van der Waals surface area contributed by atoms with Gasteiger partial charge in [0.25, 0.3) is 10.0 Å². The first kappa shape index (κ1) is 18.1. The van der Waals surface area contributed by atoms with Gasteiger partial charge in [0, 0.05) is 11.3 Å². The van der Waals surface area contributed by atoms with Gasteiger partial charge >= 0.3 is 0 Å². The lowest BCUT2D eigenvalue weighted by atomic mass is 10.0. The number of carbonyl (C=O) groups is 1. The summed E-state index contributed by atoms with van der Waals surface area (Å²) < 4.78 is 40.0.